The lowest BCUT2D eigenvalue weighted by Gasteiger charge is -2.13. The van der Waals surface area contributed by atoms with E-state index in [1.807, 2.05) is 0 Å². The first kappa shape index (κ1) is 5.63. The summed E-state index contributed by atoms with van der Waals surface area (Å²) in [6.45, 7) is 1.05. The van der Waals surface area contributed by atoms with Gasteiger partial charge in [0.05, 0.1) is 0 Å². The molecule has 0 aromatic carbocycles. The standard InChI is InChI=1S/C4H8O.CH3.Al/c1-2-3-4-5;;/h1-4H2;1H3;/q-1;;+1. The summed E-state index contributed by atoms with van der Waals surface area (Å²) in [6, 6.07) is 0. The Morgan fingerprint density at radius 1 is 1.43 bits per heavy atom. The van der Waals surface area contributed by atoms with Crippen molar-refractivity contribution in [3.05, 3.63) is 0 Å². The van der Waals surface area contributed by atoms with E-state index in [1.54, 1.807) is 0 Å². The summed E-state index contributed by atoms with van der Waals surface area (Å²) in [6.07, 6.45) is 2.73. The molecular weight excluding hydrogens is 103 g/mol. The minimum atomic E-state index is -0.595. The molecule has 1 fully saturated rings. The first-order valence-corrected chi connectivity index (χ1v) is 5.45. The van der Waals surface area contributed by atoms with E-state index >= 15 is 0 Å². The molecule has 0 amide bonds. The maximum Gasteiger partial charge on any atom is 0.457 e. The van der Waals surface area contributed by atoms with Crippen molar-refractivity contribution in [1.29, 1.82) is 0 Å². The highest BCUT2D eigenvalue weighted by molar-refractivity contribution is 6.50. The SMILES string of the molecule is [CH3][Al]1[CH2]CCC[O]1. The summed E-state index contributed by atoms with van der Waals surface area (Å²) < 4.78 is 5.42. The van der Waals surface area contributed by atoms with Gasteiger partial charge in [0.1, 0.15) is 0 Å². The fraction of sp³-hybridized carbons (Fsp3) is 1.00. The topological polar surface area (TPSA) is 9.23 Å². The zero-order valence-corrected chi connectivity index (χ0v) is 5.97. The molecule has 2 heteroatoms. The van der Waals surface area contributed by atoms with Crippen LogP contribution < -0.4 is 0 Å². The van der Waals surface area contributed by atoms with Gasteiger partial charge in [0.2, 0.25) is 0 Å². The van der Waals surface area contributed by atoms with Gasteiger partial charge in [-0.2, -0.15) is 0 Å². The van der Waals surface area contributed by atoms with Crippen LogP contribution in [-0.2, 0) is 3.79 Å². The molecule has 7 heavy (non-hydrogen) atoms. The number of hydrogen-bond donors (Lipinski definition) is 0. The third-order valence-electron chi connectivity index (χ3n) is 1.41. The normalized spacial score (nSPS) is 22.7. The van der Waals surface area contributed by atoms with Crippen LogP contribution in [0.4, 0.5) is 0 Å². The highest BCUT2D eigenvalue weighted by atomic mass is 27.2. The highest BCUT2D eigenvalue weighted by Crippen LogP contribution is 2.09. The Hall–Kier alpha value is 0.492. The van der Waals surface area contributed by atoms with E-state index in [9.17, 15) is 0 Å². The Labute approximate surface area is 49.4 Å². The molecule has 0 atom stereocenters. The van der Waals surface area contributed by atoms with E-state index in [-0.39, 0.29) is 0 Å². The lowest BCUT2D eigenvalue weighted by Crippen LogP contribution is -2.18. The summed E-state index contributed by atoms with van der Waals surface area (Å²) in [5, 5.41) is 1.40. The van der Waals surface area contributed by atoms with Crippen LogP contribution in [0.3, 0.4) is 0 Å². The second-order valence-corrected chi connectivity index (χ2v) is 4.71. The summed E-state index contributed by atoms with van der Waals surface area (Å²) in [5.74, 6) is 2.28. The number of hydrogen-bond acceptors (Lipinski definition) is 1. The van der Waals surface area contributed by atoms with Crippen LogP contribution in [0.1, 0.15) is 12.8 Å². The molecule has 0 N–H and O–H groups in total. The van der Waals surface area contributed by atoms with Crippen LogP contribution in [0.2, 0.25) is 11.1 Å². The molecule has 0 bridgehead atoms. The van der Waals surface area contributed by atoms with Crippen LogP contribution >= 0.6 is 0 Å². The summed E-state index contributed by atoms with van der Waals surface area (Å²) in [4.78, 5) is 0. The molecule has 1 nitrogen and oxygen atoms in total. The van der Waals surface area contributed by atoms with Crippen molar-refractivity contribution >= 4 is 14.5 Å². The average Bonchev–Trinajstić information content (AvgIpc) is 1.69. The maximum atomic E-state index is 5.42. The quantitative estimate of drug-likeness (QED) is 0.433. The maximum absolute atomic E-state index is 5.42. The van der Waals surface area contributed by atoms with E-state index < -0.39 is 14.5 Å². The van der Waals surface area contributed by atoms with Crippen molar-refractivity contribution in [2.45, 2.75) is 23.9 Å². The molecule has 0 aliphatic carbocycles. The monoisotopic (exact) mass is 114 g/mol. The summed E-state index contributed by atoms with van der Waals surface area (Å²) in [7, 11) is 0. The third-order valence-corrected chi connectivity index (χ3v) is 3.43. The van der Waals surface area contributed by atoms with Gasteiger partial charge in [0.25, 0.3) is 0 Å². The Morgan fingerprint density at radius 3 is 2.57 bits per heavy atom. The van der Waals surface area contributed by atoms with Crippen LogP contribution in [0.25, 0.3) is 0 Å². The lowest BCUT2D eigenvalue weighted by atomic mass is 10.4. The molecule has 1 aliphatic heterocycles. The molecule has 0 saturated carbocycles. The van der Waals surface area contributed by atoms with E-state index in [4.69, 9.17) is 3.79 Å². The van der Waals surface area contributed by atoms with Gasteiger partial charge >= 0.3 is 14.5 Å². The minimum Gasteiger partial charge on any atom is -0.501 e. The molecule has 0 aromatic heterocycles. The summed E-state index contributed by atoms with van der Waals surface area (Å²) in [5.41, 5.74) is 0. The van der Waals surface area contributed by atoms with Crippen molar-refractivity contribution in [3.63, 3.8) is 0 Å². The van der Waals surface area contributed by atoms with E-state index in [1.165, 1.54) is 18.1 Å². The molecule has 40 valence electrons. The molecule has 1 saturated heterocycles. The Bertz CT molecular complexity index is 50.0. The number of rotatable bonds is 0. The first-order valence-electron chi connectivity index (χ1n) is 3.01. The average molecular weight is 114 g/mol. The third kappa shape index (κ3) is 1.82. The van der Waals surface area contributed by atoms with Crippen LogP contribution in [0, 0.1) is 0 Å². The van der Waals surface area contributed by atoms with E-state index in [0.717, 1.165) is 6.61 Å². The fourth-order valence-corrected chi connectivity index (χ4v) is 2.50. The fourth-order valence-electron chi connectivity index (χ4n) is 0.902. The predicted molar refractivity (Wildman–Crippen MR) is 31.6 cm³/mol. The van der Waals surface area contributed by atoms with Gasteiger partial charge in [-0.1, -0.05) is 17.5 Å². The molecule has 0 radical (unpaired) electrons. The Kier molecular flexibility index (Phi) is 2.18. The van der Waals surface area contributed by atoms with Crippen molar-refractivity contribution < 1.29 is 3.79 Å². The smallest absolute Gasteiger partial charge is 0.457 e. The van der Waals surface area contributed by atoms with Crippen LogP contribution in [0.15, 0.2) is 0 Å². The van der Waals surface area contributed by atoms with Gasteiger partial charge in [-0.05, 0) is 6.42 Å². The van der Waals surface area contributed by atoms with Gasteiger partial charge < -0.3 is 3.79 Å². The van der Waals surface area contributed by atoms with Gasteiger partial charge in [-0.25, -0.2) is 0 Å². The molecule has 1 rings (SSSR count). The van der Waals surface area contributed by atoms with Crippen LogP contribution in [-0.4, -0.2) is 21.1 Å². The van der Waals surface area contributed by atoms with Gasteiger partial charge in [-0.3, -0.25) is 0 Å². The molecular formula is C5H11AlO. The van der Waals surface area contributed by atoms with Crippen molar-refractivity contribution in [3.8, 4) is 0 Å². The second kappa shape index (κ2) is 2.72. The van der Waals surface area contributed by atoms with Crippen molar-refractivity contribution in [2.24, 2.45) is 0 Å². The minimum absolute atomic E-state index is 0.595. The second-order valence-electron chi connectivity index (χ2n) is 2.18. The predicted octanol–water partition coefficient (Wildman–Crippen LogP) is 1.42. The molecule has 0 aromatic rings. The Morgan fingerprint density at radius 2 is 2.29 bits per heavy atom. The van der Waals surface area contributed by atoms with Crippen molar-refractivity contribution in [2.75, 3.05) is 6.61 Å². The molecule has 1 heterocycles. The molecule has 1 aliphatic rings. The van der Waals surface area contributed by atoms with Gasteiger partial charge in [-0.15, -0.1) is 0 Å². The van der Waals surface area contributed by atoms with Gasteiger partial charge in [0.15, 0.2) is 0 Å². The zero-order valence-electron chi connectivity index (χ0n) is 4.81. The molecule has 0 unspecified atom stereocenters. The zero-order chi connectivity index (χ0) is 5.11. The molecule has 0 spiro atoms. The van der Waals surface area contributed by atoms with E-state index in [2.05, 4.69) is 5.79 Å². The first-order chi connectivity index (χ1) is 3.39. The van der Waals surface area contributed by atoms with Gasteiger partial charge in [0, 0.05) is 6.61 Å². The van der Waals surface area contributed by atoms with E-state index in [0.29, 0.717) is 0 Å². The summed E-state index contributed by atoms with van der Waals surface area (Å²) >= 11 is -0.595. The van der Waals surface area contributed by atoms with Crippen molar-refractivity contribution in [1.82, 2.24) is 0 Å². The largest absolute Gasteiger partial charge is 0.501 e. The van der Waals surface area contributed by atoms with Crippen LogP contribution in [0.5, 0.6) is 0 Å². The lowest BCUT2D eigenvalue weighted by molar-refractivity contribution is 0.291. The Balaban J connectivity index is 2.12. The highest BCUT2D eigenvalue weighted by Gasteiger charge is 2.15.